The number of nitrogens with one attached hydrogen (secondary N) is 1. The van der Waals surface area contributed by atoms with E-state index < -0.39 is 0 Å². The minimum Gasteiger partial charge on any atom is -0.354 e. The van der Waals surface area contributed by atoms with Gasteiger partial charge in [0, 0.05) is 48.7 Å². The van der Waals surface area contributed by atoms with Gasteiger partial charge in [0.15, 0.2) is 0 Å². The van der Waals surface area contributed by atoms with Crippen LogP contribution < -0.4 is 10.2 Å². The fourth-order valence-electron chi connectivity index (χ4n) is 4.11. The predicted octanol–water partition coefficient (Wildman–Crippen LogP) is 3.09. The molecule has 3 heterocycles. The van der Waals surface area contributed by atoms with Crippen LogP contribution >= 0.6 is 11.3 Å². The maximum Gasteiger partial charge on any atom is 0.239 e. The molecule has 7 nitrogen and oxygen atoms in total. The molecule has 1 aliphatic heterocycles. The Bertz CT molecular complexity index is 984. The fraction of sp³-hybridized carbons (Fsp3) is 0.545. The molecule has 1 fully saturated rings. The van der Waals surface area contributed by atoms with Crippen molar-refractivity contribution in [3.63, 3.8) is 0 Å². The maximum atomic E-state index is 12.6. The lowest BCUT2D eigenvalue weighted by atomic mass is 10.1. The van der Waals surface area contributed by atoms with Crippen LogP contribution in [0.2, 0.25) is 0 Å². The third-order valence-electron chi connectivity index (χ3n) is 5.72. The number of amides is 1. The van der Waals surface area contributed by atoms with Gasteiger partial charge in [-0.2, -0.15) is 5.26 Å². The van der Waals surface area contributed by atoms with Gasteiger partial charge in [-0.3, -0.25) is 9.69 Å². The molecule has 0 unspecified atom stereocenters. The molecular weight excluding hydrogens is 396 g/mol. The largest absolute Gasteiger partial charge is 0.354 e. The Labute approximate surface area is 181 Å². The first-order valence-electron chi connectivity index (χ1n) is 10.6. The standard InChI is InChI=1S/C22H28N6OS/c1-14(2)21-24-15(3)11-19(25-21)28-9-7-27(8-10-28)13-20(29)26-22-17(12-23)16-5-4-6-18(16)30-22/h11,14H,4-10,13H2,1-3H3,(H,26,29). The summed E-state index contributed by atoms with van der Waals surface area (Å²) in [5.74, 6) is 2.11. The van der Waals surface area contributed by atoms with Crippen molar-refractivity contribution in [1.29, 1.82) is 5.26 Å². The molecule has 2 aromatic rings. The number of hydrogen-bond donors (Lipinski definition) is 1. The molecule has 1 saturated heterocycles. The number of piperazine rings is 1. The second kappa shape index (κ2) is 8.70. The van der Waals surface area contributed by atoms with Crippen LogP contribution in [-0.4, -0.2) is 53.5 Å². The van der Waals surface area contributed by atoms with E-state index in [1.165, 1.54) is 4.88 Å². The summed E-state index contributed by atoms with van der Waals surface area (Å²) >= 11 is 1.57. The molecule has 0 saturated carbocycles. The number of aromatic nitrogens is 2. The van der Waals surface area contributed by atoms with E-state index in [9.17, 15) is 10.1 Å². The first-order valence-corrected chi connectivity index (χ1v) is 11.4. The highest BCUT2D eigenvalue weighted by molar-refractivity contribution is 7.16. The molecule has 158 valence electrons. The number of fused-ring (bicyclic) bond motifs is 1. The number of thiophene rings is 1. The zero-order valence-corrected chi connectivity index (χ0v) is 18.7. The number of hydrogen-bond acceptors (Lipinski definition) is 7. The van der Waals surface area contributed by atoms with Crippen molar-refractivity contribution < 1.29 is 4.79 Å². The van der Waals surface area contributed by atoms with Gasteiger partial charge in [-0.15, -0.1) is 11.3 Å². The van der Waals surface area contributed by atoms with Gasteiger partial charge in [0.1, 0.15) is 22.7 Å². The number of nitrogens with zero attached hydrogens (tertiary/aromatic N) is 5. The Morgan fingerprint density at radius 3 is 2.73 bits per heavy atom. The summed E-state index contributed by atoms with van der Waals surface area (Å²) in [6.07, 6.45) is 3.08. The highest BCUT2D eigenvalue weighted by atomic mass is 32.1. The first-order chi connectivity index (χ1) is 14.4. The molecular formula is C22H28N6OS. The van der Waals surface area contributed by atoms with Crippen LogP contribution in [0, 0.1) is 18.3 Å². The van der Waals surface area contributed by atoms with Gasteiger partial charge in [0.05, 0.1) is 12.1 Å². The topological polar surface area (TPSA) is 85.1 Å². The average Bonchev–Trinajstić information content (AvgIpc) is 3.28. The average molecular weight is 425 g/mol. The number of carbonyl (C=O) groups is 1. The van der Waals surface area contributed by atoms with Crippen molar-refractivity contribution in [1.82, 2.24) is 14.9 Å². The Morgan fingerprint density at radius 1 is 1.27 bits per heavy atom. The van der Waals surface area contributed by atoms with Gasteiger partial charge >= 0.3 is 0 Å². The Balaban J connectivity index is 1.33. The van der Waals surface area contributed by atoms with E-state index in [1.807, 2.05) is 13.0 Å². The molecule has 0 radical (unpaired) electrons. The minimum atomic E-state index is -0.0418. The molecule has 2 aliphatic rings. The third kappa shape index (κ3) is 4.32. The molecule has 0 atom stereocenters. The molecule has 0 spiro atoms. The van der Waals surface area contributed by atoms with Crippen LogP contribution in [0.3, 0.4) is 0 Å². The van der Waals surface area contributed by atoms with Crippen molar-refractivity contribution in [3.05, 3.63) is 33.6 Å². The summed E-state index contributed by atoms with van der Waals surface area (Å²) in [5.41, 5.74) is 2.81. The van der Waals surface area contributed by atoms with Gasteiger partial charge < -0.3 is 10.2 Å². The smallest absolute Gasteiger partial charge is 0.239 e. The van der Waals surface area contributed by atoms with E-state index in [2.05, 4.69) is 40.0 Å². The van der Waals surface area contributed by atoms with E-state index >= 15 is 0 Å². The minimum absolute atomic E-state index is 0.0418. The van der Waals surface area contributed by atoms with Crippen molar-refractivity contribution >= 4 is 28.1 Å². The monoisotopic (exact) mass is 424 g/mol. The maximum absolute atomic E-state index is 12.6. The van der Waals surface area contributed by atoms with E-state index in [0.29, 0.717) is 18.0 Å². The van der Waals surface area contributed by atoms with Crippen molar-refractivity contribution in [3.8, 4) is 6.07 Å². The van der Waals surface area contributed by atoms with Gasteiger partial charge in [-0.1, -0.05) is 13.8 Å². The molecule has 2 aromatic heterocycles. The Morgan fingerprint density at radius 2 is 2.03 bits per heavy atom. The molecule has 1 N–H and O–H groups in total. The normalized spacial score (nSPS) is 16.6. The third-order valence-corrected chi connectivity index (χ3v) is 6.93. The van der Waals surface area contributed by atoms with Crippen LogP contribution in [0.25, 0.3) is 0 Å². The second-order valence-corrected chi connectivity index (χ2v) is 9.47. The first kappa shape index (κ1) is 20.8. The lowest BCUT2D eigenvalue weighted by Crippen LogP contribution is -2.49. The summed E-state index contributed by atoms with van der Waals surface area (Å²) in [4.78, 5) is 27.6. The fourth-order valence-corrected chi connectivity index (χ4v) is 5.37. The molecule has 0 bridgehead atoms. The summed E-state index contributed by atoms with van der Waals surface area (Å²) < 4.78 is 0. The van der Waals surface area contributed by atoms with Crippen molar-refractivity contribution in [2.24, 2.45) is 0 Å². The van der Waals surface area contributed by atoms with Gasteiger partial charge in [-0.05, 0) is 31.7 Å². The highest BCUT2D eigenvalue weighted by Crippen LogP contribution is 2.38. The molecule has 1 aliphatic carbocycles. The summed E-state index contributed by atoms with van der Waals surface area (Å²) in [6, 6.07) is 4.32. The molecule has 1 amide bonds. The predicted molar refractivity (Wildman–Crippen MR) is 119 cm³/mol. The second-order valence-electron chi connectivity index (χ2n) is 8.37. The zero-order valence-electron chi connectivity index (χ0n) is 17.9. The number of aryl methyl sites for hydroxylation is 2. The summed E-state index contributed by atoms with van der Waals surface area (Å²) in [5, 5.41) is 13.2. The van der Waals surface area contributed by atoms with Crippen molar-refractivity contribution in [2.75, 3.05) is 42.9 Å². The quantitative estimate of drug-likeness (QED) is 0.794. The van der Waals surface area contributed by atoms with E-state index in [-0.39, 0.29) is 5.91 Å². The van der Waals surface area contributed by atoms with Crippen molar-refractivity contribution in [2.45, 2.75) is 46.0 Å². The Kier molecular flexibility index (Phi) is 6.02. The number of rotatable bonds is 5. The molecule has 0 aromatic carbocycles. The van der Waals surface area contributed by atoms with E-state index in [4.69, 9.17) is 4.98 Å². The lowest BCUT2D eigenvalue weighted by molar-refractivity contribution is -0.117. The van der Waals surface area contributed by atoms with Crippen LogP contribution in [0.1, 0.15) is 53.7 Å². The van der Waals surface area contributed by atoms with Crippen LogP contribution in [0.4, 0.5) is 10.8 Å². The lowest BCUT2D eigenvalue weighted by Gasteiger charge is -2.35. The van der Waals surface area contributed by atoms with Crippen LogP contribution in [-0.2, 0) is 17.6 Å². The molecule has 4 rings (SSSR count). The number of anilines is 2. The molecule has 30 heavy (non-hydrogen) atoms. The SMILES string of the molecule is Cc1cc(N2CCN(CC(=O)Nc3sc4c(c3C#N)CCC4)CC2)nc(C(C)C)n1. The zero-order chi connectivity index (χ0) is 21.3. The Hall–Kier alpha value is -2.50. The van der Waals surface area contributed by atoms with Crippen LogP contribution in [0.5, 0.6) is 0 Å². The number of carbonyl (C=O) groups excluding carboxylic acids is 1. The van der Waals surface area contributed by atoms with E-state index in [0.717, 1.165) is 73.3 Å². The molecule has 8 heteroatoms. The van der Waals surface area contributed by atoms with E-state index in [1.54, 1.807) is 11.3 Å². The van der Waals surface area contributed by atoms with Gasteiger partial charge in [0.2, 0.25) is 5.91 Å². The van der Waals surface area contributed by atoms with Gasteiger partial charge in [0.25, 0.3) is 0 Å². The number of nitriles is 1. The highest BCUT2D eigenvalue weighted by Gasteiger charge is 2.25. The van der Waals surface area contributed by atoms with Crippen LogP contribution in [0.15, 0.2) is 6.07 Å². The van der Waals surface area contributed by atoms with Gasteiger partial charge in [-0.25, -0.2) is 9.97 Å². The summed E-state index contributed by atoms with van der Waals surface area (Å²) in [7, 11) is 0. The summed E-state index contributed by atoms with van der Waals surface area (Å²) in [6.45, 7) is 9.84.